The molecule has 0 N–H and O–H groups in total. The van der Waals surface area contributed by atoms with Crippen molar-refractivity contribution < 1.29 is 19.1 Å². The maximum Gasteiger partial charge on any atom is 0.339 e. The molecule has 116 valence electrons. The van der Waals surface area contributed by atoms with Gasteiger partial charge in [0.2, 0.25) is 11.8 Å². The number of piperazine rings is 1. The van der Waals surface area contributed by atoms with E-state index in [-0.39, 0.29) is 18.4 Å². The Bertz CT molecular complexity index is 607. The lowest BCUT2D eigenvalue weighted by Gasteiger charge is -2.37. The Morgan fingerprint density at radius 3 is 2.73 bits per heavy atom. The van der Waals surface area contributed by atoms with Crippen LogP contribution in [0.1, 0.15) is 5.56 Å². The van der Waals surface area contributed by atoms with Gasteiger partial charge in [0.25, 0.3) is 0 Å². The Hall–Kier alpha value is -2.02. The topological polar surface area (TPSA) is 66.9 Å². The third kappa shape index (κ3) is 2.56. The lowest BCUT2D eigenvalue weighted by Crippen LogP contribution is -2.60. The molecule has 0 aliphatic carbocycles. The van der Waals surface area contributed by atoms with Crippen molar-refractivity contribution in [3.63, 3.8) is 0 Å². The maximum absolute atomic E-state index is 12.6. The van der Waals surface area contributed by atoms with Gasteiger partial charge in [-0.25, -0.2) is 4.79 Å². The monoisotopic (exact) mass is 320 g/mol. The summed E-state index contributed by atoms with van der Waals surface area (Å²) in [6.07, 6.45) is 0. The van der Waals surface area contributed by atoms with Gasteiger partial charge in [0.15, 0.2) is 5.37 Å². The molecule has 2 saturated heterocycles. The average molecular weight is 320 g/mol. The number of rotatable bonds is 3. The molecule has 2 aliphatic heterocycles. The standard InChI is InChI=1S/C15H16N2O4S/c1-21-15(20)14-17-11(9-22-14)13(19)16(8-12(17)18)7-10-5-3-2-4-6-10/h2-6,11,14H,7-9H2,1H3/t11-,14-/m1/s1. The van der Waals surface area contributed by atoms with Crippen LogP contribution in [0.2, 0.25) is 0 Å². The van der Waals surface area contributed by atoms with Crippen molar-refractivity contribution in [2.24, 2.45) is 0 Å². The molecule has 2 amide bonds. The Morgan fingerprint density at radius 1 is 1.32 bits per heavy atom. The number of hydrogen-bond acceptors (Lipinski definition) is 5. The fourth-order valence-electron chi connectivity index (χ4n) is 2.75. The highest BCUT2D eigenvalue weighted by molar-refractivity contribution is 8.00. The second kappa shape index (κ2) is 6.00. The summed E-state index contributed by atoms with van der Waals surface area (Å²) in [5.74, 6) is -0.372. The smallest absolute Gasteiger partial charge is 0.339 e. The van der Waals surface area contributed by atoms with Crippen LogP contribution in [0.25, 0.3) is 0 Å². The van der Waals surface area contributed by atoms with E-state index in [9.17, 15) is 14.4 Å². The van der Waals surface area contributed by atoms with E-state index in [1.54, 1.807) is 4.90 Å². The number of methoxy groups -OCH3 is 1. The molecule has 2 heterocycles. The van der Waals surface area contributed by atoms with Crippen LogP contribution in [0.4, 0.5) is 0 Å². The van der Waals surface area contributed by atoms with Crippen LogP contribution in [-0.2, 0) is 25.7 Å². The number of hydrogen-bond donors (Lipinski definition) is 0. The molecule has 2 aliphatic rings. The zero-order valence-electron chi connectivity index (χ0n) is 12.1. The Balaban J connectivity index is 1.77. The van der Waals surface area contributed by atoms with Gasteiger partial charge in [-0.3, -0.25) is 9.59 Å². The third-order valence-electron chi connectivity index (χ3n) is 3.83. The summed E-state index contributed by atoms with van der Waals surface area (Å²) < 4.78 is 4.71. The van der Waals surface area contributed by atoms with Crippen molar-refractivity contribution in [1.82, 2.24) is 9.80 Å². The highest BCUT2D eigenvalue weighted by Crippen LogP contribution is 2.33. The molecule has 0 saturated carbocycles. The quantitative estimate of drug-likeness (QED) is 0.758. The molecule has 2 atom stereocenters. The Kier molecular flexibility index (Phi) is 4.06. The number of ether oxygens (including phenoxy) is 1. The van der Waals surface area contributed by atoms with E-state index in [4.69, 9.17) is 4.74 Å². The van der Waals surface area contributed by atoms with E-state index in [1.807, 2.05) is 30.3 Å². The number of amides is 2. The van der Waals surface area contributed by atoms with Crippen molar-refractivity contribution in [1.29, 1.82) is 0 Å². The SMILES string of the molecule is COC(=O)[C@H]1SC[C@@H]2C(=O)N(Cc3ccccc3)CC(=O)N21. The predicted octanol–water partition coefficient (Wildman–Crippen LogP) is 0.472. The van der Waals surface area contributed by atoms with Gasteiger partial charge in [0.1, 0.15) is 12.6 Å². The summed E-state index contributed by atoms with van der Waals surface area (Å²) >= 11 is 1.28. The largest absolute Gasteiger partial charge is 0.467 e. The molecule has 2 fully saturated rings. The average Bonchev–Trinajstić information content (AvgIpc) is 2.98. The fourth-order valence-corrected chi connectivity index (χ4v) is 4.08. The molecule has 1 aromatic carbocycles. The molecule has 0 aromatic heterocycles. The van der Waals surface area contributed by atoms with Gasteiger partial charge >= 0.3 is 5.97 Å². The number of esters is 1. The summed E-state index contributed by atoms with van der Waals surface area (Å²) in [7, 11) is 1.29. The van der Waals surface area contributed by atoms with Gasteiger partial charge < -0.3 is 14.5 Å². The first kappa shape index (κ1) is 14.9. The lowest BCUT2D eigenvalue weighted by atomic mass is 10.1. The van der Waals surface area contributed by atoms with Gasteiger partial charge in [-0.05, 0) is 5.56 Å². The predicted molar refractivity (Wildman–Crippen MR) is 80.8 cm³/mol. The molecule has 7 heteroatoms. The van der Waals surface area contributed by atoms with Crippen LogP contribution in [0, 0.1) is 0 Å². The molecule has 0 unspecified atom stereocenters. The normalized spacial score (nSPS) is 24.4. The summed E-state index contributed by atoms with van der Waals surface area (Å²) in [5.41, 5.74) is 0.979. The van der Waals surface area contributed by atoms with Gasteiger partial charge in [-0.1, -0.05) is 30.3 Å². The second-order valence-electron chi connectivity index (χ2n) is 5.21. The van der Waals surface area contributed by atoms with E-state index < -0.39 is 17.4 Å². The molecule has 0 bridgehead atoms. The molecular weight excluding hydrogens is 304 g/mol. The van der Waals surface area contributed by atoms with E-state index >= 15 is 0 Å². The zero-order chi connectivity index (χ0) is 15.7. The van der Waals surface area contributed by atoms with Gasteiger partial charge in [-0.2, -0.15) is 0 Å². The van der Waals surface area contributed by atoms with Crippen molar-refractivity contribution in [3.8, 4) is 0 Å². The van der Waals surface area contributed by atoms with Crippen LogP contribution < -0.4 is 0 Å². The summed E-state index contributed by atoms with van der Waals surface area (Å²) in [5, 5.41) is -0.703. The molecule has 6 nitrogen and oxygen atoms in total. The number of benzene rings is 1. The number of carbonyl (C=O) groups excluding carboxylic acids is 3. The fraction of sp³-hybridized carbons (Fsp3) is 0.400. The van der Waals surface area contributed by atoms with Gasteiger partial charge in [-0.15, -0.1) is 11.8 Å². The Morgan fingerprint density at radius 2 is 2.05 bits per heavy atom. The highest BCUT2D eigenvalue weighted by Gasteiger charge is 2.50. The minimum Gasteiger partial charge on any atom is -0.467 e. The van der Waals surface area contributed by atoms with Crippen LogP contribution in [0.5, 0.6) is 0 Å². The number of thioether (sulfide) groups is 1. The summed E-state index contributed by atoms with van der Waals surface area (Å²) in [4.78, 5) is 39.6. The van der Waals surface area contributed by atoms with Gasteiger partial charge in [0.05, 0.1) is 7.11 Å². The number of carbonyl (C=O) groups is 3. The highest BCUT2D eigenvalue weighted by atomic mass is 32.2. The minimum absolute atomic E-state index is 0.00170. The molecule has 3 rings (SSSR count). The van der Waals surface area contributed by atoms with Crippen molar-refractivity contribution in [3.05, 3.63) is 35.9 Å². The molecule has 0 radical (unpaired) electrons. The van der Waals surface area contributed by atoms with Crippen molar-refractivity contribution in [2.45, 2.75) is 18.0 Å². The van der Waals surface area contributed by atoms with E-state index in [0.717, 1.165) is 5.56 Å². The van der Waals surface area contributed by atoms with E-state index in [2.05, 4.69) is 0 Å². The van der Waals surface area contributed by atoms with E-state index in [1.165, 1.54) is 23.8 Å². The first-order chi connectivity index (χ1) is 10.6. The second-order valence-corrected chi connectivity index (χ2v) is 6.32. The molecule has 22 heavy (non-hydrogen) atoms. The van der Waals surface area contributed by atoms with Crippen LogP contribution in [-0.4, -0.2) is 58.4 Å². The lowest BCUT2D eigenvalue weighted by molar-refractivity contribution is -0.160. The first-order valence-electron chi connectivity index (χ1n) is 6.95. The molecule has 0 spiro atoms. The summed E-state index contributed by atoms with van der Waals surface area (Å²) in [6.45, 7) is 0.404. The number of nitrogens with zero attached hydrogens (tertiary/aromatic N) is 2. The van der Waals surface area contributed by atoms with Crippen molar-refractivity contribution in [2.75, 3.05) is 19.4 Å². The number of fused-ring (bicyclic) bond motifs is 1. The van der Waals surface area contributed by atoms with Crippen LogP contribution in [0.3, 0.4) is 0 Å². The Labute approximate surface area is 132 Å². The zero-order valence-corrected chi connectivity index (χ0v) is 12.9. The third-order valence-corrected chi connectivity index (χ3v) is 5.07. The van der Waals surface area contributed by atoms with Crippen molar-refractivity contribution >= 4 is 29.5 Å². The first-order valence-corrected chi connectivity index (χ1v) is 8.00. The van der Waals surface area contributed by atoms with Crippen LogP contribution >= 0.6 is 11.8 Å². The summed E-state index contributed by atoms with van der Waals surface area (Å²) in [6, 6.07) is 8.98. The molecule has 1 aromatic rings. The van der Waals surface area contributed by atoms with Crippen LogP contribution in [0.15, 0.2) is 30.3 Å². The molecular formula is C15H16N2O4S. The maximum atomic E-state index is 12.6. The van der Waals surface area contributed by atoms with E-state index in [0.29, 0.717) is 12.3 Å². The minimum atomic E-state index is -0.703. The van der Waals surface area contributed by atoms with Gasteiger partial charge in [0, 0.05) is 12.3 Å².